The summed E-state index contributed by atoms with van der Waals surface area (Å²) in [6, 6.07) is 7.21. The van der Waals surface area contributed by atoms with Crippen LogP contribution in [0.2, 0.25) is 10.0 Å². The zero-order chi connectivity index (χ0) is 24.7. The Morgan fingerprint density at radius 1 is 1.18 bits per heavy atom. The number of amides is 1. The molecular formula is C22H21Cl2FN4O4S. The lowest BCUT2D eigenvalue weighted by atomic mass is 10.2. The largest absolute Gasteiger partial charge is 0.495 e. The lowest BCUT2D eigenvalue weighted by molar-refractivity contribution is -0.113. The van der Waals surface area contributed by atoms with Crippen molar-refractivity contribution >= 4 is 46.6 Å². The molecule has 0 fully saturated rings. The van der Waals surface area contributed by atoms with Crippen LogP contribution in [0.25, 0.3) is 0 Å². The van der Waals surface area contributed by atoms with E-state index in [-0.39, 0.29) is 23.3 Å². The molecule has 3 aromatic rings. The Balaban J connectivity index is 1.66. The van der Waals surface area contributed by atoms with Gasteiger partial charge in [-0.05, 0) is 12.1 Å². The second-order valence-corrected chi connectivity index (χ2v) is 8.44. The number of ether oxygens (including phenoxy) is 3. The number of carbonyl (C=O) groups excluding carboxylic acids is 1. The van der Waals surface area contributed by atoms with E-state index < -0.39 is 5.82 Å². The van der Waals surface area contributed by atoms with Gasteiger partial charge in [-0.2, -0.15) is 0 Å². The summed E-state index contributed by atoms with van der Waals surface area (Å²) < 4.78 is 31.2. The van der Waals surface area contributed by atoms with Crippen LogP contribution in [0.15, 0.2) is 48.1 Å². The molecule has 180 valence electrons. The number of methoxy groups -OCH3 is 2. The van der Waals surface area contributed by atoms with Gasteiger partial charge in [0.2, 0.25) is 5.91 Å². The van der Waals surface area contributed by atoms with Crippen LogP contribution in [0.5, 0.6) is 17.2 Å². The van der Waals surface area contributed by atoms with Gasteiger partial charge < -0.3 is 19.5 Å². The Kier molecular flexibility index (Phi) is 9.03. The minimum Gasteiger partial charge on any atom is -0.495 e. The Bertz CT molecular complexity index is 1190. The van der Waals surface area contributed by atoms with Crippen molar-refractivity contribution < 1.29 is 23.4 Å². The summed E-state index contributed by atoms with van der Waals surface area (Å²) >= 11 is 13.1. The van der Waals surface area contributed by atoms with Crippen molar-refractivity contribution in [1.29, 1.82) is 0 Å². The molecule has 0 aliphatic carbocycles. The van der Waals surface area contributed by atoms with Gasteiger partial charge in [-0.15, -0.1) is 16.8 Å². The van der Waals surface area contributed by atoms with Crippen molar-refractivity contribution in [1.82, 2.24) is 14.8 Å². The minimum absolute atomic E-state index is 0.0396. The molecule has 3 rings (SSSR count). The Morgan fingerprint density at radius 2 is 1.94 bits per heavy atom. The number of thioether (sulfide) groups is 1. The third-order valence-electron chi connectivity index (χ3n) is 4.44. The number of nitrogens with one attached hydrogen (secondary N) is 1. The summed E-state index contributed by atoms with van der Waals surface area (Å²) in [7, 11) is 2.96. The topological polar surface area (TPSA) is 87.5 Å². The van der Waals surface area contributed by atoms with Crippen molar-refractivity contribution in [3.05, 3.63) is 64.7 Å². The van der Waals surface area contributed by atoms with Gasteiger partial charge in [0.15, 0.2) is 11.0 Å². The first-order valence-electron chi connectivity index (χ1n) is 9.81. The number of benzene rings is 2. The van der Waals surface area contributed by atoms with E-state index in [4.69, 9.17) is 37.4 Å². The molecule has 1 amide bonds. The molecule has 34 heavy (non-hydrogen) atoms. The number of hydrogen-bond acceptors (Lipinski definition) is 7. The van der Waals surface area contributed by atoms with E-state index in [1.807, 2.05) is 0 Å². The van der Waals surface area contributed by atoms with Gasteiger partial charge >= 0.3 is 0 Å². The zero-order valence-corrected chi connectivity index (χ0v) is 20.6. The normalized spacial score (nSPS) is 10.6. The summed E-state index contributed by atoms with van der Waals surface area (Å²) in [5.41, 5.74) is 0.425. The highest BCUT2D eigenvalue weighted by atomic mass is 35.5. The number of nitrogens with zero attached hydrogens (tertiary/aromatic N) is 3. The van der Waals surface area contributed by atoms with Crippen molar-refractivity contribution in [2.45, 2.75) is 18.3 Å². The lowest BCUT2D eigenvalue weighted by Gasteiger charge is -2.13. The monoisotopic (exact) mass is 526 g/mol. The quantitative estimate of drug-likeness (QED) is 0.270. The van der Waals surface area contributed by atoms with Crippen molar-refractivity contribution in [2.24, 2.45) is 0 Å². The first kappa shape index (κ1) is 25.7. The van der Waals surface area contributed by atoms with Crippen molar-refractivity contribution in [2.75, 3.05) is 25.3 Å². The fourth-order valence-electron chi connectivity index (χ4n) is 2.83. The van der Waals surface area contributed by atoms with E-state index in [1.54, 1.807) is 22.8 Å². The molecule has 0 bridgehead atoms. The summed E-state index contributed by atoms with van der Waals surface area (Å²) in [5.74, 6) is 0.933. The van der Waals surface area contributed by atoms with E-state index in [1.165, 1.54) is 44.2 Å². The van der Waals surface area contributed by atoms with Crippen LogP contribution in [0.1, 0.15) is 5.82 Å². The van der Waals surface area contributed by atoms with Crippen molar-refractivity contribution in [3.63, 3.8) is 0 Å². The van der Waals surface area contributed by atoms with Crippen LogP contribution in [0, 0.1) is 5.82 Å². The first-order valence-corrected chi connectivity index (χ1v) is 11.5. The number of rotatable bonds is 11. The molecular weight excluding hydrogens is 506 g/mol. The highest BCUT2D eigenvalue weighted by Gasteiger charge is 2.16. The average molecular weight is 527 g/mol. The second kappa shape index (κ2) is 12.0. The fraction of sp³-hybridized carbons (Fsp3) is 0.227. The van der Waals surface area contributed by atoms with E-state index in [0.29, 0.717) is 45.5 Å². The van der Waals surface area contributed by atoms with Crippen LogP contribution in [0.4, 0.5) is 10.1 Å². The van der Waals surface area contributed by atoms with Crippen LogP contribution in [-0.4, -0.2) is 40.6 Å². The molecule has 0 radical (unpaired) electrons. The molecule has 0 saturated carbocycles. The highest BCUT2D eigenvalue weighted by Crippen LogP contribution is 2.36. The average Bonchev–Trinajstić information content (AvgIpc) is 3.21. The number of hydrogen-bond donors (Lipinski definition) is 1. The van der Waals surface area contributed by atoms with E-state index >= 15 is 0 Å². The maximum atomic E-state index is 13.3. The standard InChI is InChI=1S/C22H21Cl2FN4O4S/c1-4-7-29-20(11-33-13-5-6-16(25)14(23)8-13)27-28-22(29)34-12-21(30)26-17-10-18(31-2)15(24)9-19(17)32-3/h4-6,8-10H,1,7,11-12H2,2-3H3,(H,26,30). The second-order valence-electron chi connectivity index (χ2n) is 6.69. The van der Waals surface area contributed by atoms with Crippen molar-refractivity contribution in [3.8, 4) is 17.2 Å². The van der Waals surface area contributed by atoms with Gasteiger partial charge in [-0.25, -0.2) is 4.39 Å². The molecule has 0 saturated heterocycles. The molecule has 0 atom stereocenters. The molecule has 0 aliphatic heterocycles. The van der Waals surface area contributed by atoms with Crippen LogP contribution in [0.3, 0.4) is 0 Å². The zero-order valence-electron chi connectivity index (χ0n) is 18.3. The molecule has 8 nitrogen and oxygen atoms in total. The smallest absolute Gasteiger partial charge is 0.234 e. The molecule has 1 N–H and O–H groups in total. The molecule has 0 spiro atoms. The molecule has 1 heterocycles. The fourth-order valence-corrected chi connectivity index (χ4v) is 4.00. The molecule has 0 aliphatic rings. The number of aromatic nitrogens is 3. The third kappa shape index (κ3) is 6.34. The first-order chi connectivity index (χ1) is 16.4. The third-order valence-corrected chi connectivity index (χ3v) is 6.00. The number of anilines is 1. The maximum absolute atomic E-state index is 13.3. The summed E-state index contributed by atoms with van der Waals surface area (Å²) in [5, 5.41) is 11.9. The maximum Gasteiger partial charge on any atom is 0.234 e. The van der Waals surface area contributed by atoms with Gasteiger partial charge in [0.25, 0.3) is 0 Å². The van der Waals surface area contributed by atoms with Gasteiger partial charge in [0, 0.05) is 24.7 Å². The molecule has 0 unspecified atom stereocenters. The van der Waals surface area contributed by atoms with E-state index in [2.05, 4.69) is 22.1 Å². The number of allylic oxidation sites excluding steroid dienone is 1. The van der Waals surface area contributed by atoms with Crippen LogP contribution >= 0.6 is 35.0 Å². The molecule has 2 aromatic carbocycles. The van der Waals surface area contributed by atoms with Gasteiger partial charge in [-0.1, -0.05) is 41.0 Å². The summed E-state index contributed by atoms with van der Waals surface area (Å²) in [6.45, 7) is 4.22. The van der Waals surface area contributed by atoms with Gasteiger partial charge in [-0.3, -0.25) is 9.36 Å². The summed E-state index contributed by atoms with van der Waals surface area (Å²) in [6.07, 6.45) is 1.68. The Morgan fingerprint density at radius 3 is 2.62 bits per heavy atom. The van der Waals surface area contributed by atoms with E-state index in [0.717, 1.165) is 0 Å². The predicted octanol–water partition coefficient (Wildman–Crippen LogP) is 5.24. The molecule has 1 aromatic heterocycles. The highest BCUT2D eigenvalue weighted by molar-refractivity contribution is 7.99. The predicted molar refractivity (Wildman–Crippen MR) is 130 cm³/mol. The molecule has 12 heteroatoms. The minimum atomic E-state index is -0.532. The number of carbonyl (C=O) groups is 1. The Labute approximate surface area is 210 Å². The van der Waals surface area contributed by atoms with Gasteiger partial charge in [0.05, 0.1) is 35.7 Å². The summed E-state index contributed by atoms with van der Waals surface area (Å²) in [4.78, 5) is 12.6. The van der Waals surface area contributed by atoms with Crippen LogP contribution < -0.4 is 19.5 Å². The SMILES string of the molecule is C=CCn1c(COc2ccc(F)c(Cl)c2)nnc1SCC(=O)Nc1cc(OC)c(Cl)cc1OC. The lowest BCUT2D eigenvalue weighted by Crippen LogP contribution is -2.15. The number of halogens is 3. The Hall–Kier alpha value is -2.95. The van der Waals surface area contributed by atoms with E-state index in [9.17, 15) is 9.18 Å². The van der Waals surface area contributed by atoms with Gasteiger partial charge in [0.1, 0.15) is 29.7 Å². The van der Waals surface area contributed by atoms with Crippen LogP contribution in [-0.2, 0) is 17.9 Å².